The first-order chi connectivity index (χ1) is 8.04. The number of fused-ring (bicyclic) bond motifs is 1. The number of amides is 2. The van der Waals surface area contributed by atoms with Crippen LogP contribution in [-0.4, -0.2) is 16.7 Å². The highest BCUT2D eigenvalue weighted by molar-refractivity contribution is 6.12. The average molecular weight is 234 g/mol. The van der Waals surface area contributed by atoms with Crippen LogP contribution in [0.5, 0.6) is 0 Å². The molecule has 0 radical (unpaired) electrons. The predicted molar refractivity (Wildman–Crippen MR) is 50.6 cm³/mol. The van der Waals surface area contributed by atoms with Crippen molar-refractivity contribution >= 4 is 23.2 Å². The molecule has 0 aromatic heterocycles. The van der Waals surface area contributed by atoms with Crippen LogP contribution in [0.2, 0.25) is 0 Å². The van der Waals surface area contributed by atoms with Crippen molar-refractivity contribution in [2.24, 2.45) is 15.3 Å². The van der Waals surface area contributed by atoms with Crippen LogP contribution >= 0.6 is 0 Å². The fraction of sp³-hybridized carbons (Fsp3) is 0. The van der Waals surface area contributed by atoms with Gasteiger partial charge in [0, 0.05) is 6.07 Å². The zero-order chi connectivity index (χ0) is 12.6. The van der Waals surface area contributed by atoms with Crippen molar-refractivity contribution in [3.63, 3.8) is 0 Å². The average Bonchev–Trinajstić information content (AvgIpc) is 2.32. The second-order valence-electron chi connectivity index (χ2n) is 3.08. The number of nitro benzene ring substituents is 1. The van der Waals surface area contributed by atoms with Gasteiger partial charge < -0.3 is 0 Å². The summed E-state index contributed by atoms with van der Waals surface area (Å²) in [5.74, 6) is -1.58. The molecular weight excluding hydrogens is 230 g/mol. The number of azo groups is 1. The van der Waals surface area contributed by atoms with Gasteiger partial charge in [0.05, 0.1) is 16.1 Å². The quantitative estimate of drug-likeness (QED) is 0.442. The maximum Gasteiger partial charge on any atom is 0.301 e. The van der Waals surface area contributed by atoms with Crippen molar-refractivity contribution in [1.29, 1.82) is 0 Å². The van der Waals surface area contributed by atoms with Gasteiger partial charge in [-0.25, -0.2) is 0 Å². The minimum absolute atomic E-state index is 0.0974. The molecule has 0 fully saturated rings. The Morgan fingerprint density at radius 2 is 1.71 bits per heavy atom. The zero-order valence-electron chi connectivity index (χ0n) is 8.15. The molecule has 2 amide bonds. The van der Waals surface area contributed by atoms with E-state index in [1.54, 1.807) is 0 Å². The Bertz CT molecular complexity index is 606. The summed E-state index contributed by atoms with van der Waals surface area (Å²) in [6.45, 7) is 0. The third-order valence-electron chi connectivity index (χ3n) is 2.14. The number of benzene rings is 1. The normalized spacial score (nSPS) is 13.4. The van der Waals surface area contributed by atoms with Gasteiger partial charge in [-0.05, 0) is 11.2 Å². The van der Waals surface area contributed by atoms with Crippen LogP contribution in [0, 0.1) is 10.1 Å². The molecule has 9 heteroatoms. The van der Waals surface area contributed by atoms with Crippen LogP contribution in [0.4, 0.5) is 11.4 Å². The van der Waals surface area contributed by atoms with E-state index in [1.165, 1.54) is 0 Å². The van der Waals surface area contributed by atoms with Crippen LogP contribution in [0.15, 0.2) is 27.5 Å². The van der Waals surface area contributed by atoms with Crippen molar-refractivity contribution in [3.8, 4) is 0 Å². The van der Waals surface area contributed by atoms with E-state index in [0.29, 0.717) is 0 Å². The molecule has 0 atom stereocenters. The predicted octanol–water partition coefficient (Wildman–Crippen LogP) is 0.184. The lowest BCUT2D eigenvalue weighted by Crippen LogP contribution is -2.22. The Morgan fingerprint density at radius 3 is 2.18 bits per heavy atom. The van der Waals surface area contributed by atoms with Crippen LogP contribution in [0.25, 0.3) is 0 Å². The summed E-state index contributed by atoms with van der Waals surface area (Å²) in [5, 5.41) is 20.0. The van der Waals surface area contributed by atoms with Gasteiger partial charge in [-0.2, -0.15) is 5.53 Å². The van der Waals surface area contributed by atoms with Crippen molar-refractivity contribution in [1.82, 2.24) is 0 Å². The maximum absolute atomic E-state index is 11.3. The van der Waals surface area contributed by atoms with Gasteiger partial charge in [0.15, 0.2) is 0 Å². The molecule has 2 rings (SSSR count). The van der Waals surface area contributed by atoms with Crippen LogP contribution in [0.1, 0.15) is 20.7 Å². The summed E-state index contributed by atoms with van der Waals surface area (Å²) in [7, 11) is 0. The monoisotopic (exact) mass is 234 g/mol. The van der Waals surface area contributed by atoms with Gasteiger partial charge in [0.2, 0.25) is 5.69 Å². The van der Waals surface area contributed by atoms with E-state index in [-0.39, 0.29) is 16.8 Å². The van der Waals surface area contributed by atoms with E-state index in [4.69, 9.17) is 5.53 Å². The Balaban J connectivity index is 2.76. The summed E-state index contributed by atoms with van der Waals surface area (Å²) < 4.78 is 0. The molecule has 17 heavy (non-hydrogen) atoms. The topological polar surface area (TPSA) is 140 Å². The Labute approximate surface area is 92.8 Å². The second-order valence-corrected chi connectivity index (χ2v) is 3.08. The van der Waals surface area contributed by atoms with Crippen molar-refractivity contribution in [2.45, 2.75) is 0 Å². The highest BCUT2D eigenvalue weighted by Crippen LogP contribution is 2.32. The second kappa shape index (κ2) is 3.63. The van der Waals surface area contributed by atoms with Gasteiger partial charge in [-0.1, -0.05) is 0 Å². The standard InChI is InChI=1S/C8H3N5O4/c9-10-5-1-3-4(2-6(5)13(16)17)8(15)12-11-7(3)14/h1-2,9H/p+1. The minimum Gasteiger partial charge on any atom is -0.265 e. The van der Waals surface area contributed by atoms with Crippen molar-refractivity contribution in [2.75, 3.05) is 0 Å². The molecule has 1 aliphatic heterocycles. The van der Waals surface area contributed by atoms with Crippen molar-refractivity contribution in [3.05, 3.63) is 33.4 Å². The lowest BCUT2D eigenvalue weighted by atomic mass is 10.0. The summed E-state index contributed by atoms with van der Waals surface area (Å²) in [4.78, 5) is 32.6. The maximum atomic E-state index is 11.3. The molecular formula is C8H4N5O4+. The molecule has 1 aliphatic rings. The molecule has 0 unspecified atom stereocenters. The van der Waals surface area contributed by atoms with Gasteiger partial charge in [0.25, 0.3) is 11.8 Å². The van der Waals surface area contributed by atoms with Gasteiger partial charge in [-0.15, -0.1) is 10.2 Å². The number of rotatable bonds is 2. The summed E-state index contributed by atoms with van der Waals surface area (Å²) in [5.41, 5.74) is 4.03. The summed E-state index contributed by atoms with van der Waals surface area (Å²) in [6.07, 6.45) is 0. The third kappa shape index (κ3) is 1.58. The number of nitrogens with zero attached hydrogens (tertiary/aromatic N) is 4. The van der Waals surface area contributed by atoms with Crippen LogP contribution < -0.4 is 5.53 Å². The fourth-order valence-electron chi connectivity index (χ4n) is 1.38. The number of hydrogen-bond donors (Lipinski definition) is 1. The van der Waals surface area contributed by atoms with Crippen LogP contribution in [-0.2, 0) is 0 Å². The molecule has 2 N–H and O–H groups in total. The SMILES string of the molecule is [NH2+]=Nc1cc2c(cc1[N+](=O)[O-])C(=O)N=NC2=O. The smallest absolute Gasteiger partial charge is 0.265 e. The van der Waals surface area contributed by atoms with Gasteiger partial charge >= 0.3 is 5.69 Å². The lowest BCUT2D eigenvalue weighted by Gasteiger charge is -2.06. The minimum atomic E-state index is -0.814. The van der Waals surface area contributed by atoms with Crippen molar-refractivity contribution < 1.29 is 20.0 Å². The number of hydrogen-bond acceptors (Lipinski definition) is 5. The first-order valence-corrected chi connectivity index (χ1v) is 4.28. The molecule has 0 aliphatic carbocycles. The first-order valence-electron chi connectivity index (χ1n) is 4.28. The lowest BCUT2D eigenvalue weighted by molar-refractivity contribution is -0.384. The molecule has 84 valence electrons. The Morgan fingerprint density at radius 1 is 1.18 bits per heavy atom. The molecule has 9 nitrogen and oxygen atoms in total. The highest BCUT2D eigenvalue weighted by atomic mass is 16.6. The Hall–Kier alpha value is -2.84. The molecule has 0 saturated carbocycles. The van der Waals surface area contributed by atoms with E-state index < -0.39 is 22.4 Å². The largest absolute Gasteiger partial charge is 0.301 e. The first kappa shape index (κ1) is 10.7. The molecule has 0 saturated heterocycles. The summed E-state index contributed by atoms with van der Waals surface area (Å²) in [6, 6.07) is 1.96. The summed E-state index contributed by atoms with van der Waals surface area (Å²) >= 11 is 0. The molecule has 1 aromatic rings. The molecule has 0 spiro atoms. The van der Waals surface area contributed by atoms with Gasteiger partial charge in [0.1, 0.15) is 0 Å². The Kier molecular flexibility index (Phi) is 2.28. The molecule has 1 aromatic carbocycles. The van der Waals surface area contributed by atoms with E-state index in [0.717, 1.165) is 12.1 Å². The van der Waals surface area contributed by atoms with E-state index >= 15 is 0 Å². The van der Waals surface area contributed by atoms with E-state index in [1.807, 2.05) is 0 Å². The van der Waals surface area contributed by atoms with E-state index in [9.17, 15) is 19.7 Å². The number of nitrogens with two attached hydrogens (primary N) is 1. The molecule has 0 bridgehead atoms. The highest BCUT2D eigenvalue weighted by Gasteiger charge is 2.28. The van der Waals surface area contributed by atoms with Crippen LogP contribution in [0.3, 0.4) is 0 Å². The number of nitro groups is 1. The number of carbonyl (C=O) groups is 2. The fourth-order valence-corrected chi connectivity index (χ4v) is 1.38. The molecule has 1 heterocycles. The third-order valence-corrected chi connectivity index (χ3v) is 2.14. The zero-order valence-corrected chi connectivity index (χ0v) is 8.15. The van der Waals surface area contributed by atoms with Gasteiger partial charge in [-0.3, -0.25) is 19.7 Å². The number of carbonyl (C=O) groups excluding carboxylic acids is 2. The van der Waals surface area contributed by atoms with E-state index in [2.05, 4.69) is 15.3 Å².